The molecule has 5 nitrogen and oxygen atoms in total. The molecule has 1 aromatic carbocycles. The molecular weight excluding hydrogens is 232 g/mol. The summed E-state index contributed by atoms with van der Waals surface area (Å²) in [6.45, 7) is 5.13. The number of nitriles is 1. The van der Waals surface area contributed by atoms with Crippen LogP contribution in [0.4, 0.5) is 4.79 Å². The average Bonchev–Trinajstić information content (AvgIpc) is 2.29. The number of carbonyl (C=O) groups excluding carboxylic acids is 1. The third-order valence-electron chi connectivity index (χ3n) is 1.75. The minimum absolute atomic E-state index is 0.0152. The van der Waals surface area contributed by atoms with Crippen molar-refractivity contribution in [1.29, 1.82) is 5.26 Å². The molecule has 1 rings (SSSR count). The van der Waals surface area contributed by atoms with Gasteiger partial charge in [0.25, 0.3) is 0 Å². The molecule has 5 heteroatoms. The van der Waals surface area contributed by atoms with Crippen molar-refractivity contribution in [3.8, 4) is 6.07 Å². The van der Waals surface area contributed by atoms with Gasteiger partial charge in [-0.25, -0.2) is 4.79 Å². The summed E-state index contributed by atoms with van der Waals surface area (Å²) in [5.41, 5.74) is -0.0726. The Labute approximate surface area is 106 Å². The Bertz CT molecular complexity index is 481. The molecule has 0 spiro atoms. The van der Waals surface area contributed by atoms with Gasteiger partial charge in [0.15, 0.2) is 5.71 Å². The summed E-state index contributed by atoms with van der Waals surface area (Å²) in [7, 11) is 0. The smallest absolute Gasteiger partial charge is 0.427 e. The normalized spacial score (nSPS) is 11.6. The van der Waals surface area contributed by atoms with E-state index in [1.54, 1.807) is 45.0 Å². The van der Waals surface area contributed by atoms with Crippen LogP contribution < -0.4 is 0 Å². The first-order chi connectivity index (χ1) is 8.42. The van der Waals surface area contributed by atoms with Gasteiger partial charge in [-0.15, -0.1) is 0 Å². The van der Waals surface area contributed by atoms with E-state index < -0.39 is 11.8 Å². The highest BCUT2D eigenvalue weighted by Gasteiger charge is 2.18. The van der Waals surface area contributed by atoms with Gasteiger partial charge in [0.1, 0.15) is 11.7 Å². The monoisotopic (exact) mass is 246 g/mol. The second-order valence-corrected chi connectivity index (χ2v) is 4.47. The molecule has 0 saturated carbocycles. The molecule has 0 unspecified atom stereocenters. The van der Waals surface area contributed by atoms with E-state index in [1.165, 1.54) is 0 Å². The topological polar surface area (TPSA) is 71.7 Å². The quantitative estimate of drug-likeness (QED) is 0.348. The van der Waals surface area contributed by atoms with Gasteiger partial charge in [0, 0.05) is 5.56 Å². The molecule has 94 valence electrons. The number of carbonyl (C=O) groups is 1. The maximum atomic E-state index is 11.2. The summed E-state index contributed by atoms with van der Waals surface area (Å²) in [5.74, 6) is 0. The molecule has 0 radical (unpaired) electrons. The fourth-order valence-electron chi connectivity index (χ4n) is 1.09. The van der Waals surface area contributed by atoms with Crippen LogP contribution in [0.3, 0.4) is 0 Å². The van der Waals surface area contributed by atoms with Crippen molar-refractivity contribution >= 4 is 11.9 Å². The van der Waals surface area contributed by atoms with Crippen LogP contribution in [-0.4, -0.2) is 17.5 Å². The largest absolute Gasteiger partial charge is 0.535 e. The lowest BCUT2D eigenvalue weighted by atomic mass is 10.1. The van der Waals surface area contributed by atoms with E-state index in [4.69, 9.17) is 10.00 Å². The number of nitrogens with zero attached hydrogens (tertiary/aromatic N) is 2. The van der Waals surface area contributed by atoms with E-state index in [0.29, 0.717) is 5.56 Å². The van der Waals surface area contributed by atoms with Crippen LogP contribution >= 0.6 is 0 Å². The lowest BCUT2D eigenvalue weighted by Crippen LogP contribution is -2.23. The lowest BCUT2D eigenvalue weighted by molar-refractivity contribution is -0.00609. The van der Waals surface area contributed by atoms with E-state index >= 15 is 0 Å². The zero-order valence-electron chi connectivity index (χ0n) is 10.5. The standard InChI is InChI=1S/C13H14N2O3/c1-13(2,3)17-12(16)18-15-11(9-14)10-7-5-4-6-8-10/h4-8H,1-3H3/b15-11+. The van der Waals surface area contributed by atoms with Crippen molar-refractivity contribution in [3.63, 3.8) is 0 Å². The molecular formula is C13H14N2O3. The summed E-state index contributed by atoms with van der Waals surface area (Å²) in [6, 6.07) is 10.6. The van der Waals surface area contributed by atoms with Crippen molar-refractivity contribution in [2.75, 3.05) is 0 Å². The fraction of sp³-hybridized carbons (Fsp3) is 0.308. The maximum Gasteiger partial charge on any atom is 0.535 e. The molecule has 0 fully saturated rings. The second kappa shape index (κ2) is 5.82. The Morgan fingerprint density at radius 2 is 1.89 bits per heavy atom. The predicted octanol–water partition coefficient (Wildman–Crippen LogP) is 2.87. The average molecular weight is 246 g/mol. The van der Waals surface area contributed by atoms with E-state index in [9.17, 15) is 4.79 Å². The van der Waals surface area contributed by atoms with Gasteiger partial charge in [-0.2, -0.15) is 5.26 Å². The predicted molar refractivity (Wildman–Crippen MR) is 65.9 cm³/mol. The summed E-state index contributed by atoms with van der Waals surface area (Å²) in [4.78, 5) is 15.8. The molecule has 0 aromatic heterocycles. The zero-order valence-corrected chi connectivity index (χ0v) is 10.5. The minimum Gasteiger partial charge on any atom is -0.427 e. The van der Waals surface area contributed by atoms with Crippen molar-refractivity contribution in [2.45, 2.75) is 26.4 Å². The number of rotatable bonds is 2. The van der Waals surface area contributed by atoms with Gasteiger partial charge in [-0.3, -0.25) is 4.84 Å². The SMILES string of the molecule is CC(C)(C)OC(=O)O/N=C(\C#N)c1ccccc1. The van der Waals surface area contributed by atoms with Gasteiger partial charge in [-0.1, -0.05) is 35.5 Å². The molecule has 0 aliphatic heterocycles. The van der Waals surface area contributed by atoms with Crippen LogP contribution in [0, 0.1) is 11.3 Å². The Morgan fingerprint density at radius 1 is 1.28 bits per heavy atom. The maximum absolute atomic E-state index is 11.2. The lowest BCUT2D eigenvalue weighted by Gasteiger charge is -2.17. The fourth-order valence-corrected chi connectivity index (χ4v) is 1.09. The van der Waals surface area contributed by atoms with Gasteiger partial charge >= 0.3 is 6.16 Å². The molecule has 18 heavy (non-hydrogen) atoms. The molecule has 0 N–H and O–H groups in total. The number of oxime groups is 1. The van der Waals surface area contributed by atoms with Gasteiger partial charge in [0.05, 0.1) is 0 Å². The zero-order chi connectivity index (χ0) is 13.6. The Kier molecular flexibility index (Phi) is 4.44. The molecule has 0 aliphatic rings. The van der Waals surface area contributed by atoms with Crippen molar-refractivity contribution in [1.82, 2.24) is 0 Å². The molecule has 1 aromatic rings. The third kappa shape index (κ3) is 4.66. The van der Waals surface area contributed by atoms with Crippen molar-refractivity contribution in [2.24, 2.45) is 5.16 Å². The van der Waals surface area contributed by atoms with E-state index in [1.807, 2.05) is 12.1 Å². The van der Waals surface area contributed by atoms with Crippen LogP contribution in [0.1, 0.15) is 26.3 Å². The molecule has 0 aliphatic carbocycles. The van der Waals surface area contributed by atoms with Crippen molar-refractivity contribution < 1.29 is 14.4 Å². The summed E-state index contributed by atoms with van der Waals surface area (Å²) in [6.07, 6.45) is -0.939. The van der Waals surface area contributed by atoms with Crippen LogP contribution in [0.15, 0.2) is 35.5 Å². The third-order valence-corrected chi connectivity index (χ3v) is 1.75. The summed E-state index contributed by atoms with van der Waals surface area (Å²) >= 11 is 0. The number of hydrogen-bond acceptors (Lipinski definition) is 5. The van der Waals surface area contributed by atoms with Gasteiger partial charge < -0.3 is 4.74 Å². The second-order valence-electron chi connectivity index (χ2n) is 4.47. The number of hydrogen-bond donors (Lipinski definition) is 0. The number of benzene rings is 1. The van der Waals surface area contributed by atoms with E-state index in [0.717, 1.165) is 0 Å². The first kappa shape index (κ1) is 13.7. The highest BCUT2D eigenvalue weighted by atomic mass is 16.8. The molecule has 0 bridgehead atoms. The van der Waals surface area contributed by atoms with Crippen molar-refractivity contribution in [3.05, 3.63) is 35.9 Å². The van der Waals surface area contributed by atoms with Crippen LogP contribution in [-0.2, 0) is 9.57 Å². The molecule has 0 heterocycles. The molecule has 0 saturated heterocycles. The van der Waals surface area contributed by atoms with E-state index in [-0.39, 0.29) is 5.71 Å². The van der Waals surface area contributed by atoms with Crippen LogP contribution in [0.25, 0.3) is 0 Å². The van der Waals surface area contributed by atoms with Gasteiger partial charge in [0.2, 0.25) is 0 Å². The highest BCUT2D eigenvalue weighted by molar-refractivity contribution is 6.11. The van der Waals surface area contributed by atoms with Crippen LogP contribution in [0.5, 0.6) is 0 Å². The van der Waals surface area contributed by atoms with Gasteiger partial charge in [-0.05, 0) is 20.8 Å². The first-order valence-corrected chi connectivity index (χ1v) is 5.36. The Morgan fingerprint density at radius 3 is 2.39 bits per heavy atom. The molecule has 0 atom stereocenters. The highest BCUT2D eigenvalue weighted by Crippen LogP contribution is 2.08. The number of ether oxygens (including phenoxy) is 1. The Balaban J connectivity index is 2.71. The van der Waals surface area contributed by atoms with E-state index in [2.05, 4.69) is 9.99 Å². The summed E-state index contributed by atoms with van der Waals surface area (Å²) < 4.78 is 4.89. The minimum atomic E-state index is -0.939. The van der Waals surface area contributed by atoms with Crippen LogP contribution in [0.2, 0.25) is 0 Å². The summed E-state index contributed by atoms with van der Waals surface area (Å²) in [5, 5.41) is 12.4. The Hall–Kier alpha value is -2.35. The first-order valence-electron chi connectivity index (χ1n) is 5.36. The molecule has 0 amide bonds.